The fourth-order valence-corrected chi connectivity index (χ4v) is 3.83. The third-order valence-corrected chi connectivity index (χ3v) is 5.94. The summed E-state index contributed by atoms with van der Waals surface area (Å²) in [5.74, 6) is 0.362. The summed E-state index contributed by atoms with van der Waals surface area (Å²) in [5, 5.41) is 7.05. The zero-order valence-electron chi connectivity index (χ0n) is 18.4. The molecule has 2 aromatic carbocycles. The Morgan fingerprint density at radius 3 is 2.48 bits per heavy atom. The van der Waals surface area contributed by atoms with Gasteiger partial charge in [-0.3, -0.25) is 9.69 Å². The predicted octanol–water partition coefficient (Wildman–Crippen LogP) is 4.07. The zero-order chi connectivity index (χ0) is 21.8. The van der Waals surface area contributed by atoms with Crippen molar-refractivity contribution in [3.8, 4) is 11.3 Å². The largest absolute Gasteiger partial charge is 0.379 e. The molecule has 31 heavy (non-hydrogen) atoms. The number of ether oxygens (including phenoxy) is 1. The second-order valence-electron chi connectivity index (χ2n) is 8.16. The lowest BCUT2D eigenvalue weighted by Crippen LogP contribution is -2.43. The van der Waals surface area contributed by atoms with Gasteiger partial charge in [0, 0.05) is 31.3 Å². The van der Waals surface area contributed by atoms with E-state index in [1.807, 2.05) is 18.2 Å². The van der Waals surface area contributed by atoms with E-state index in [2.05, 4.69) is 60.4 Å². The first kappa shape index (κ1) is 21.3. The number of aryl methyl sites for hydroxylation is 3. The minimum absolute atomic E-state index is 0.0829. The van der Waals surface area contributed by atoms with Crippen LogP contribution in [0.15, 0.2) is 53.1 Å². The molecule has 1 aliphatic heterocycles. The number of rotatable bonds is 6. The maximum absolute atomic E-state index is 12.8. The number of hydrogen-bond acceptors (Lipinski definition) is 5. The van der Waals surface area contributed by atoms with Gasteiger partial charge in [-0.05, 0) is 43.5 Å². The quantitative estimate of drug-likeness (QED) is 0.652. The second-order valence-corrected chi connectivity index (χ2v) is 8.16. The summed E-state index contributed by atoms with van der Waals surface area (Å²) >= 11 is 0. The topological polar surface area (TPSA) is 67.6 Å². The number of carbonyl (C=O) groups is 1. The molecule has 1 aromatic heterocycles. The molecule has 0 aliphatic carbocycles. The molecule has 1 unspecified atom stereocenters. The SMILES string of the molecule is Cc1ccc(C(CNC(=O)c2cc(-c3ccc(C)c(C)c3)on2)N2CCOCC2)cc1. The van der Waals surface area contributed by atoms with Gasteiger partial charge in [0.15, 0.2) is 11.5 Å². The molecule has 1 saturated heterocycles. The van der Waals surface area contributed by atoms with Crippen molar-refractivity contribution in [1.82, 2.24) is 15.4 Å². The number of carbonyl (C=O) groups excluding carboxylic acids is 1. The number of amides is 1. The molecule has 1 amide bonds. The van der Waals surface area contributed by atoms with Crippen LogP contribution in [-0.4, -0.2) is 48.8 Å². The van der Waals surface area contributed by atoms with Gasteiger partial charge < -0.3 is 14.6 Å². The summed E-state index contributed by atoms with van der Waals surface area (Å²) in [6.45, 7) is 9.79. The third-order valence-electron chi connectivity index (χ3n) is 5.94. The van der Waals surface area contributed by atoms with E-state index in [0.29, 0.717) is 25.5 Å². The van der Waals surface area contributed by atoms with Crippen molar-refractivity contribution in [1.29, 1.82) is 0 Å². The van der Waals surface area contributed by atoms with Crippen LogP contribution in [0.4, 0.5) is 0 Å². The Morgan fingerprint density at radius 1 is 1.03 bits per heavy atom. The van der Waals surface area contributed by atoms with Crippen LogP contribution >= 0.6 is 0 Å². The smallest absolute Gasteiger partial charge is 0.273 e. The fourth-order valence-electron chi connectivity index (χ4n) is 3.83. The maximum atomic E-state index is 12.8. The summed E-state index contributed by atoms with van der Waals surface area (Å²) < 4.78 is 11.0. The number of nitrogens with zero attached hydrogens (tertiary/aromatic N) is 2. The lowest BCUT2D eigenvalue weighted by molar-refractivity contribution is 0.0162. The first-order valence-corrected chi connectivity index (χ1v) is 10.7. The molecular weight excluding hydrogens is 390 g/mol. The molecule has 1 aliphatic rings. The maximum Gasteiger partial charge on any atom is 0.273 e. The molecule has 1 atom stereocenters. The van der Waals surface area contributed by atoms with Crippen molar-refractivity contribution in [2.24, 2.45) is 0 Å². The Kier molecular flexibility index (Phi) is 6.49. The Balaban J connectivity index is 1.47. The van der Waals surface area contributed by atoms with E-state index in [-0.39, 0.29) is 17.6 Å². The third kappa shape index (κ3) is 5.03. The Labute approximate surface area is 183 Å². The summed E-state index contributed by atoms with van der Waals surface area (Å²) in [4.78, 5) is 15.2. The standard InChI is InChI=1S/C25H29N3O3/c1-17-4-7-20(8-5-17)23(28-10-12-30-13-11-28)16-26-25(29)22-15-24(31-27-22)21-9-6-18(2)19(3)14-21/h4-9,14-15,23H,10-13,16H2,1-3H3,(H,26,29). The number of nitrogens with one attached hydrogen (secondary N) is 1. The van der Waals surface area contributed by atoms with Crippen LogP contribution in [0, 0.1) is 20.8 Å². The molecule has 0 saturated carbocycles. The minimum Gasteiger partial charge on any atom is -0.379 e. The highest BCUT2D eigenvalue weighted by Gasteiger charge is 2.24. The van der Waals surface area contributed by atoms with Crippen molar-refractivity contribution in [3.05, 3.63) is 76.5 Å². The van der Waals surface area contributed by atoms with Crippen LogP contribution in [-0.2, 0) is 4.74 Å². The van der Waals surface area contributed by atoms with Gasteiger partial charge in [-0.1, -0.05) is 47.1 Å². The first-order chi connectivity index (χ1) is 15.0. The lowest BCUT2D eigenvalue weighted by atomic mass is 10.0. The molecule has 1 fully saturated rings. The van der Waals surface area contributed by atoms with Crippen molar-refractivity contribution in [2.45, 2.75) is 26.8 Å². The normalized spacial score (nSPS) is 15.6. The van der Waals surface area contributed by atoms with Crippen LogP contribution < -0.4 is 5.32 Å². The van der Waals surface area contributed by atoms with Gasteiger partial charge in [-0.25, -0.2) is 0 Å². The van der Waals surface area contributed by atoms with Gasteiger partial charge in [0.25, 0.3) is 5.91 Å². The van der Waals surface area contributed by atoms with Gasteiger partial charge in [0.2, 0.25) is 0 Å². The molecule has 4 rings (SSSR count). The van der Waals surface area contributed by atoms with E-state index in [1.165, 1.54) is 22.3 Å². The Bertz CT molecular complexity index is 1040. The van der Waals surface area contributed by atoms with E-state index < -0.39 is 0 Å². The Morgan fingerprint density at radius 2 is 1.77 bits per heavy atom. The van der Waals surface area contributed by atoms with Crippen molar-refractivity contribution in [3.63, 3.8) is 0 Å². The lowest BCUT2D eigenvalue weighted by Gasteiger charge is -2.35. The van der Waals surface area contributed by atoms with Gasteiger partial charge >= 0.3 is 0 Å². The summed E-state index contributed by atoms with van der Waals surface area (Å²) in [6, 6.07) is 16.3. The highest BCUT2D eigenvalue weighted by Crippen LogP contribution is 2.24. The van der Waals surface area contributed by atoms with Crippen LogP contribution in [0.25, 0.3) is 11.3 Å². The van der Waals surface area contributed by atoms with E-state index in [4.69, 9.17) is 9.26 Å². The second kappa shape index (κ2) is 9.45. The molecule has 2 heterocycles. The van der Waals surface area contributed by atoms with Crippen molar-refractivity contribution >= 4 is 5.91 Å². The van der Waals surface area contributed by atoms with Crippen molar-refractivity contribution < 1.29 is 14.1 Å². The molecule has 6 heteroatoms. The number of hydrogen-bond donors (Lipinski definition) is 1. The van der Waals surface area contributed by atoms with E-state index in [9.17, 15) is 4.79 Å². The van der Waals surface area contributed by atoms with Gasteiger partial charge in [-0.2, -0.15) is 0 Å². The molecule has 0 bridgehead atoms. The van der Waals surface area contributed by atoms with Crippen LogP contribution in [0.3, 0.4) is 0 Å². The molecular formula is C25H29N3O3. The highest BCUT2D eigenvalue weighted by atomic mass is 16.5. The molecule has 1 N–H and O–H groups in total. The van der Waals surface area contributed by atoms with E-state index in [0.717, 1.165) is 18.7 Å². The first-order valence-electron chi connectivity index (χ1n) is 10.7. The van der Waals surface area contributed by atoms with Crippen LogP contribution in [0.2, 0.25) is 0 Å². The van der Waals surface area contributed by atoms with Crippen molar-refractivity contribution in [2.75, 3.05) is 32.8 Å². The van der Waals surface area contributed by atoms with Crippen LogP contribution in [0.1, 0.15) is 38.8 Å². The Hall–Kier alpha value is -2.96. The predicted molar refractivity (Wildman–Crippen MR) is 120 cm³/mol. The number of aromatic nitrogens is 1. The van der Waals surface area contributed by atoms with Gasteiger partial charge in [0.05, 0.1) is 19.3 Å². The molecule has 0 spiro atoms. The average Bonchev–Trinajstić information content (AvgIpc) is 3.28. The number of benzene rings is 2. The number of morpholine rings is 1. The van der Waals surface area contributed by atoms with Gasteiger partial charge in [-0.15, -0.1) is 0 Å². The summed E-state index contributed by atoms with van der Waals surface area (Å²) in [7, 11) is 0. The molecule has 6 nitrogen and oxygen atoms in total. The average molecular weight is 420 g/mol. The fraction of sp³-hybridized carbons (Fsp3) is 0.360. The minimum atomic E-state index is -0.232. The van der Waals surface area contributed by atoms with E-state index in [1.54, 1.807) is 6.07 Å². The van der Waals surface area contributed by atoms with Crippen LogP contribution in [0.5, 0.6) is 0 Å². The zero-order valence-corrected chi connectivity index (χ0v) is 18.4. The molecule has 0 radical (unpaired) electrons. The summed E-state index contributed by atoms with van der Waals surface area (Å²) in [6.07, 6.45) is 0. The molecule has 3 aromatic rings. The molecule has 162 valence electrons. The highest BCUT2D eigenvalue weighted by molar-refractivity contribution is 5.93. The monoisotopic (exact) mass is 419 g/mol. The van der Waals surface area contributed by atoms with E-state index >= 15 is 0 Å². The van der Waals surface area contributed by atoms with Gasteiger partial charge in [0.1, 0.15) is 0 Å². The summed E-state index contributed by atoms with van der Waals surface area (Å²) in [5.41, 5.74) is 6.00.